The maximum Gasteiger partial charge on any atom is 0.161 e. The van der Waals surface area contributed by atoms with Crippen LogP contribution in [0.3, 0.4) is 0 Å². The third-order valence-corrected chi connectivity index (χ3v) is 4.32. The zero-order chi connectivity index (χ0) is 21.1. The third kappa shape index (κ3) is 5.98. The van der Waals surface area contributed by atoms with Crippen LogP contribution in [0.5, 0.6) is 17.2 Å². The molecule has 0 spiro atoms. The predicted molar refractivity (Wildman–Crippen MR) is 118 cm³/mol. The number of hydrogen-bond acceptors (Lipinski definition) is 5. The van der Waals surface area contributed by atoms with E-state index in [0.29, 0.717) is 23.8 Å². The fraction of sp³-hybridized carbons (Fsp3) is 0.250. The maximum absolute atomic E-state index is 9.76. The zero-order valence-corrected chi connectivity index (χ0v) is 17.1. The van der Waals surface area contributed by atoms with Crippen molar-refractivity contribution in [3.05, 3.63) is 66.2 Å². The highest BCUT2D eigenvalue weighted by Crippen LogP contribution is 2.30. The first-order chi connectivity index (χ1) is 14.2. The lowest BCUT2D eigenvalue weighted by atomic mass is 9.98. The number of allylic oxidation sites excluding steroid dienone is 2. The fourth-order valence-corrected chi connectivity index (χ4v) is 2.78. The summed E-state index contributed by atoms with van der Waals surface area (Å²) in [5.41, 5.74) is 2.88. The van der Waals surface area contributed by atoms with Crippen LogP contribution in [-0.4, -0.2) is 33.6 Å². The van der Waals surface area contributed by atoms with Gasteiger partial charge in [-0.2, -0.15) is 5.26 Å². The Kier molecular flexibility index (Phi) is 8.52. The highest BCUT2D eigenvalue weighted by Gasteiger charge is 2.12. The Hall–Kier alpha value is -3.52. The molecule has 2 aromatic rings. The second-order valence-corrected chi connectivity index (χ2v) is 6.17. The standard InChI is InChI=1S/C24H26N2O3/c1-5-6-7-14-26-22(17-25)21(19-9-11-20(27-2)12-10-19)15-18-8-13-23(28-3)24(16-18)29-4/h5,8-13,15-16H,1,6-7,14H2,2-4H3. The lowest BCUT2D eigenvalue weighted by Gasteiger charge is -2.10. The van der Waals surface area contributed by atoms with Gasteiger partial charge in [0.2, 0.25) is 0 Å². The Morgan fingerprint density at radius 1 is 1.03 bits per heavy atom. The van der Waals surface area contributed by atoms with E-state index in [1.54, 1.807) is 21.3 Å². The average Bonchev–Trinajstić information content (AvgIpc) is 2.78. The normalized spacial score (nSPS) is 11.5. The van der Waals surface area contributed by atoms with Crippen LogP contribution < -0.4 is 14.2 Å². The van der Waals surface area contributed by atoms with Crippen LogP contribution >= 0.6 is 0 Å². The number of ether oxygens (including phenoxy) is 3. The fourth-order valence-electron chi connectivity index (χ4n) is 2.78. The van der Waals surface area contributed by atoms with Gasteiger partial charge in [0.15, 0.2) is 11.5 Å². The number of aliphatic imine (C=N–C) groups is 1. The first-order valence-electron chi connectivity index (χ1n) is 9.30. The highest BCUT2D eigenvalue weighted by molar-refractivity contribution is 6.34. The number of rotatable bonds is 10. The van der Waals surface area contributed by atoms with E-state index in [2.05, 4.69) is 17.6 Å². The highest BCUT2D eigenvalue weighted by atomic mass is 16.5. The molecular weight excluding hydrogens is 364 g/mol. The molecule has 0 bridgehead atoms. The molecule has 0 heterocycles. The van der Waals surface area contributed by atoms with E-state index in [1.165, 1.54) is 0 Å². The number of benzene rings is 2. The Labute approximate surface area is 172 Å². The molecule has 0 saturated carbocycles. The Morgan fingerprint density at radius 2 is 1.76 bits per heavy atom. The van der Waals surface area contributed by atoms with Crippen LogP contribution in [0.1, 0.15) is 24.0 Å². The van der Waals surface area contributed by atoms with E-state index in [9.17, 15) is 5.26 Å². The molecule has 0 aromatic heterocycles. The number of nitriles is 1. The number of unbranched alkanes of at least 4 members (excludes halogenated alkanes) is 1. The molecule has 5 heteroatoms. The molecule has 0 N–H and O–H groups in total. The zero-order valence-electron chi connectivity index (χ0n) is 17.1. The van der Waals surface area contributed by atoms with Gasteiger partial charge in [-0.15, -0.1) is 6.58 Å². The van der Waals surface area contributed by atoms with E-state index in [4.69, 9.17) is 14.2 Å². The summed E-state index contributed by atoms with van der Waals surface area (Å²) < 4.78 is 16.0. The van der Waals surface area contributed by atoms with Crippen LogP contribution in [0, 0.1) is 11.3 Å². The van der Waals surface area contributed by atoms with Gasteiger partial charge in [-0.1, -0.05) is 24.3 Å². The van der Waals surface area contributed by atoms with E-state index in [1.807, 2.05) is 54.6 Å². The van der Waals surface area contributed by atoms with E-state index >= 15 is 0 Å². The summed E-state index contributed by atoms with van der Waals surface area (Å²) in [4.78, 5) is 4.52. The van der Waals surface area contributed by atoms with Crippen molar-refractivity contribution in [3.63, 3.8) is 0 Å². The van der Waals surface area contributed by atoms with Crippen LogP contribution in [0.15, 0.2) is 60.1 Å². The predicted octanol–water partition coefficient (Wildman–Crippen LogP) is 5.18. The van der Waals surface area contributed by atoms with Crippen molar-refractivity contribution in [1.29, 1.82) is 5.26 Å². The van der Waals surface area contributed by atoms with Gasteiger partial charge in [0.05, 0.1) is 21.3 Å². The molecule has 0 atom stereocenters. The Balaban J connectivity index is 2.52. The average molecular weight is 390 g/mol. The minimum Gasteiger partial charge on any atom is -0.497 e. The third-order valence-electron chi connectivity index (χ3n) is 4.32. The van der Waals surface area contributed by atoms with Gasteiger partial charge in [0.1, 0.15) is 17.5 Å². The molecule has 0 radical (unpaired) electrons. The van der Waals surface area contributed by atoms with Gasteiger partial charge >= 0.3 is 0 Å². The second kappa shape index (κ2) is 11.4. The largest absolute Gasteiger partial charge is 0.497 e. The van der Waals surface area contributed by atoms with Crippen LogP contribution in [-0.2, 0) is 0 Å². The van der Waals surface area contributed by atoms with Gasteiger partial charge in [-0.3, -0.25) is 4.99 Å². The molecule has 0 unspecified atom stereocenters. The van der Waals surface area contributed by atoms with Crippen LogP contribution in [0.2, 0.25) is 0 Å². The van der Waals surface area contributed by atoms with E-state index < -0.39 is 0 Å². The van der Waals surface area contributed by atoms with Crippen LogP contribution in [0.4, 0.5) is 0 Å². The minimum atomic E-state index is 0.383. The first-order valence-corrected chi connectivity index (χ1v) is 9.30. The molecular formula is C24H26N2O3. The Morgan fingerprint density at radius 3 is 2.34 bits per heavy atom. The molecule has 0 fully saturated rings. The summed E-state index contributed by atoms with van der Waals surface area (Å²) in [6, 6.07) is 15.4. The van der Waals surface area contributed by atoms with Gasteiger partial charge in [-0.05, 0) is 54.3 Å². The summed E-state index contributed by atoms with van der Waals surface area (Å²) in [7, 11) is 4.81. The lowest BCUT2D eigenvalue weighted by molar-refractivity contribution is 0.355. The lowest BCUT2D eigenvalue weighted by Crippen LogP contribution is -2.02. The SMILES string of the molecule is C=CCCCN=C(C#N)C(=Cc1ccc(OC)c(OC)c1)c1ccc(OC)cc1. The molecule has 2 rings (SSSR count). The molecule has 150 valence electrons. The molecule has 0 aliphatic carbocycles. The van der Waals surface area contributed by atoms with E-state index in [-0.39, 0.29) is 0 Å². The quantitative estimate of drug-likeness (QED) is 0.243. The Bertz CT molecular complexity index is 922. The summed E-state index contributed by atoms with van der Waals surface area (Å²) >= 11 is 0. The second-order valence-electron chi connectivity index (χ2n) is 6.17. The maximum atomic E-state index is 9.76. The monoisotopic (exact) mass is 390 g/mol. The molecule has 29 heavy (non-hydrogen) atoms. The molecule has 2 aromatic carbocycles. The van der Waals surface area contributed by atoms with Crippen molar-refractivity contribution >= 4 is 17.4 Å². The van der Waals surface area contributed by atoms with Crippen molar-refractivity contribution < 1.29 is 14.2 Å². The van der Waals surface area contributed by atoms with E-state index in [0.717, 1.165) is 35.3 Å². The molecule has 0 amide bonds. The van der Waals surface area contributed by atoms with Gasteiger partial charge in [0.25, 0.3) is 0 Å². The van der Waals surface area contributed by atoms with Crippen molar-refractivity contribution in [2.75, 3.05) is 27.9 Å². The summed E-state index contributed by atoms with van der Waals surface area (Å²) in [6.45, 7) is 4.29. The summed E-state index contributed by atoms with van der Waals surface area (Å²) in [6.07, 6.45) is 5.49. The minimum absolute atomic E-state index is 0.383. The summed E-state index contributed by atoms with van der Waals surface area (Å²) in [5, 5.41) is 9.76. The van der Waals surface area contributed by atoms with Gasteiger partial charge < -0.3 is 14.2 Å². The van der Waals surface area contributed by atoms with Crippen molar-refractivity contribution in [2.45, 2.75) is 12.8 Å². The van der Waals surface area contributed by atoms with Crippen molar-refractivity contribution in [1.82, 2.24) is 0 Å². The molecule has 5 nitrogen and oxygen atoms in total. The number of hydrogen-bond donors (Lipinski definition) is 0. The topological polar surface area (TPSA) is 63.8 Å². The molecule has 0 aliphatic heterocycles. The molecule has 0 saturated heterocycles. The smallest absolute Gasteiger partial charge is 0.161 e. The van der Waals surface area contributed by atoms with Gasteiger partial charge in [0, 0.05) is 12.1 Å². The van der Waals surface area contributed by atoms with Crippen molar-refractivity contribution in [2.24, 2.45) is 4.99 Å². The van der Waals surface area contributed by atoms with Crippen molar-refractivity contribution in [3.8, 4) is 23.3 Å². The number of nitrogens with zero attached hydrogens (tertiary/aromatic N) is 2. The summed E-state index contributed by atoms with van der Waals surface area (Å²) in [5.74, 6) is 2.02. The first kappa shape index (κ1) is 21.8. The van der Waals surface area contributed by atoms with Gasteiger partial charge in [-0.25, -0.2) is 0 Å². The molecule has 0 aliphatic rings. The van der Waals surface area contributed by atoms with Crippen LogP contribution in [0.25, 0.3) is 11.6 Å². The number of methoxy groups -OCH3 is 3.